The van der Waals surface area contributed by atoms with Crippen LogP contribution >= 0.6 is 0 Å². The molecule has 2 aliphatic rings. The molecule has 2 aromatic carbocycles. The minimum absolute atomic E-state index is 0.0769. The number of aryl methyl sites for hydroxylation is 2. The molecule has 2 aliphatic heterocycles. The smallest absolute Gasteiger partial charge is 0.252 e. The average Bonchev–Trinajstić information content (AvgIpc) is 2.96. The summed E-state index contributed by atoms with van der Waals surface area (Å²) in [5.74, 6) is 1.02. The molecule has 4 rings (SSSR count). The van der Waals surface area contributed by atoms with Crippen molar-refractivity contribution >= 4 is 5.91 Å². The molecule has 0 saturated carbocycles. The maximum Gasteiger partial charge on any atom is 0.252 e. The van der Waals surface area contributed by atoms with Crippen LogP contribution in [0.3, 0.4) is 0 Å². The zero-order valence-electron chi connectivity index (χ0n) is 15.5. The van der Waals surface area contributed by atoms with Gasteiger partial charge in [0.2, 0.25) is 0 Å². The topological polar surface area (TPSA) is 41.6 Å². The van der Waals surface area contributed by atoms with Crippen molar-refractivity contribution in [1.29, 1.82) is 0 Å². The summed E-state index contributed by atoms with van der Waals surface area (Å²) in [4.78, 5) is 15.2. The Morgan fingerprint density at radius 3 is 2.88 bits per heavy atom. The third-order valence-corrected chi connectivity index (χ3v) is 5.78. The Labute approximate surface area is 155 Å². The fourth-order valence-electron chi connectivity index (χ4n) is 4.38. The standard InChI is InChI=1S/C22H26N2O2/c1-16-7-8-20(26-2)18(13-16)14-24-12-11-22(15-24)10-9-17-5-3-4-6-19(17)21(25)23-22/h3-8,13H,9-12,14-15H2,1-2H3,(H,23,25). The van der Waals surface area contributed by atoms with Crippen molar-refractivity contribution in [1.82, 2.24) is 10.2 Å². The van der Waals surface area contributed by atoms with Crippen LogP contribution in [-0.2, 0) is 13.0 Å². The SMILES string of the molecule is COc1ccc(C)cc1CN1CCC2(CCc3ccccc3C(=O)N2)C1. The lowest BCUT2D eigenvalue weighted by Crippen LogP contribution is -2.49. The van der Waals surface area contributed by atoms with Crippen molar-refractivity contribution in [2.24, 2.45) is 0 Å². The maximum atomic E-state index is 12.7. The molecule has 1 atom stereocenters. The summed E-state index contributed by atoms with van der Waals surface area (Å²) in [6.07, 6.45) is 2.95. The third kappa shape index (κ3) is 3.21. The van der Waals surface area contributed by atoms with Crippen LogP contribution in [0.15, 0.2) is 42.5 Å². The van der Waals surface area contributed by atoms with E-state index in [1.54, 1.807) is 7.11 Å². The van der Waals surface area contributed by atoms with Gasteiger partial charge in [-0.25, -0.2) is 0 Å². The van der Waals surface area contributed by atoms with Crippen LogP contribution in [0.5, 0.6) is 5.75 Å². The van der Waals surface area contributed by atoms with Gasteiger partial charge < -0.3 is 10.1 Å². The maximum absolute atomic E-state index is 12.7. The van der Waals surface area contributed by atoms with Crippen LogP contribution in [0.4, 0.5) is 0 Å². The summed E-state index contributed by atoms with van der Waals surface area (Å²) in [5, 5.41) is 3.35. The molecule has 1 fully saturated rings. The normalized spacial score (nSPS) is 22.8. The van der Waals surface area contributed by atoms with Crippen LogP contribution in [0.2, 0.25) is 0 Å². The lowest BCUT2D eigenvalue weighted by Gasteiger charge is -2.29. The van der Waals surface area contributed by atoms with E-state index in [0.29, 0.717) is 0 Å². The van der Waals surface area contributed by atoms with E-state index in [1.807, 2.05) is 24.3 Å². The second-order valence-electron chi connectivity index (χ2n) is 7.67. The van der Waals surface area contributed by atoms with Gasteiger partial charge in [0.05, 0.1) is 12.6 Å². The molecular formula is C22H26N2O2. The van der Waals surface area contributed by atoms with Gasteiger partial charge in [0.25, 0.3) is 5.91 Å². The molecule has 0 aliphatic carbocycles. The fraction of sp³-hybridized carbons (Fsp3) is 0.409. The van der Waals surface area contributed by atoms with E-state index in [-0.39, 0.29) is 11.4 Å². The summed E-state index contributed by atoms with van der Waals surface area (Å²) in [5.41, 5.74) is 4.34. The Morgan fingerprint density at radius 2 is 2.04 bits per heavy atom. The summed E-state index contributed by atoms with van der Waals surface area (Å²) in [6.45, 7) is 4.85. The Balaban J connectivity index is 1.50. The van der Waals surface area contributed by atoms with Gasteiger partial charge in [-0.05, 0) is 43.9 Å². The van der Waals surface area contributed by atoms with Gasteiger partial charge >= 0.3 is 0 Å². The number of methoxy groups -OCH3 is 1. The fourth-order valence-corrected chi connectivity index (χ4v) is 4.38. The molecule has 2 heterocycles. The molecule has 1 N–H and O–H groups in total. The Hall–Kier alpha value is -2.33. The second-order valence-corrected chi connectivity index (χ2v) is 7.67. The minimum Gasteiger partial charge on any atom is -0.496 e. The first kappa shape index (κ1) is 17.1. The Morgan fingerprint density at radius 1 is 1.19 bits per heavy atom. The first-order valence-corrected chi connectivity index (χ1v) is 9.35. The number of hydrogen-bond acceptors (Lipinski definition) is 3. The van der Waals surface area contributed by atoms with E-state index in [9.17, 15) is 4.79 Å². The highest BCUT2D eigenvalue weighted by molar-refractivity contribution is 5.96. The second kappa shape index (κ2) is 6.76. The van der Waals surface area contributed by atoms with Gasteiger partial charge in [-0.3, -0.25) is 9.69 Å². The van der Waals surface area contributed by atoms with Crippen molar-refractivity contribution in [3.63, 3.8) is 0 Å². The third-order valence-electron chi connectivity index (χ3n) is 5.78. The number of carbonyl (C=O) groups is 1. The van der Waals surface area contributed by atoms with Crippen LogP contribution in [0.1, 0.15) is 39.9 Å². The number of hydrogen-bond donors (Lipinski definition) is 1. The van der Waals surface area contributed by atoms with Gasteiger partial charge in [-0.1, -0.05) is 35.9 Å². The molecule has 0 aromatic heterocycles. The van der Waals surface area contributed by atoms with Crippen molar-refractivity contribution < 1.29 is 9.53 Å². The highest BCUT2D eigenvalue weighted by atomic mass is 16.5. The molecule has 26 heavy (non-hydrogen) atoms. The van der Waals surface area contributed by atoms with Gasteiger partial charge in [0.15, 0.2) is 0 Å². The molecule has 1 amide bonds. The van der Waals surface area contributed by atoms with Crippen molar-refractivity contribution in [2.75, 3.05) is 20.2 Å². The summed E-state index contributed by atoms with van der Waals surface area (Å²) in [7, 11) is 1.72. The molecular weight excluding hydrogens is 324 g/mol. The first-order chi connectivity index (χ1) is 12.6. The van der Waals surface area contributed by atoms with E-state index in [2.05, 4.69) is 35.3 Å². The number of fused-ring (bicyclic) bond motifs is 1. The van der Waals surface area contributed by atoms with Crippen LogP contribution in [0.25, 0.3) is 0 Å². The van der Waals surface area contributed by atoms with Crippen molar-refractivity contribution in [2.45, 2.75) is 38.3 Å². The van der Waals surface area contributed by atoms with E-state index in [4.69, 9.17) is 4.74 Å². The number of rotatable bonds is 3. The molecule has 1 saturated heterocycles. The molecule has 0 radical (unpaired) electrons. The summed E-state index contributed by atoms with van der Waals surface area (Å²) in [6, 6.07) is 14.3. The predicted octanol–water partition coefficient (Wildman–Crippen LogP) is 3.32. The van der Waals surface area contributed by atoms with E-state index >= 15 is 0 Å². The average molecular weight is 350 g/mol. The largest absolute Gasteiger partial charge is 0.496 e. The summed E-state index contributed by atoms with van der Waals surface area (Å²) >= 11 is 0. The van der Waals surface area contributed by atoms with Gasteiger partial charge in [-0.15, -0.1) is 0 Å². The number of ether oxygens (including phenoxy) is 1. The highest BCUT2D eigenvalue weighted by Crippen LogP contribution is 2.32. The monoisotopic (exact) mass is 350 g/mol. The van der Waals surface area contributed by atoms with Gasteiger partial charge in [0, 0.05) is 30.8 Å². The quantitative estimate of drug-likeness (QED) is 0.923. The van der Waals surface area contributed by atoms with Gasteiger partial charge in [0.1, 0.15) is 5.75 Å². The van der Waals surface area contributed by atoms with E-state index in [0.717, 1.165) is 50.2 Å². The predicted molar refractivity (Wildman–Crippen MR) is 103 cm³/mol. The Bertz CT molecular complexity index is 833. The number of likely N-dealkylation sites (tertiary alicyclic amines) is 1. The molecule has 4 heteroatoms. The zero-order chi connectivity index (χ0) is 18.1. The number of nitrogens with one attached hydrogen (secondary N) is 1. The van der Waals surface area contributed by atoms with Gasteiger partial charge in [-0.2, -0.15) is 0 Å². The number of carbonyl (C=O) groups excluding carboxylic acids is 1. The van der Waals surface area contributed by atoms with Crippen LogP contribution in [-0.4, -0.2) is 36.5 Å². The minimum atomic E-state index is -0.118. The van der Waals surface area contributed by atoms with E-state index in [1.165, 1.54) is 16.7 Å². The molecule has 4 nitrogen and oxygen atoms in total. The van der Waals surface area contributed by atoms with Crippen LogP contribution < -0.4 is 10.1 Å². The molecule has 1 spiro atoms. The number of benzene rings is 2. The van der Waals surface area contributed by atoms with E-state index < -0.39 is 0 Å². The summed E-state index contributed by atoms with van der Waals surface area (Å²) < 4.78 is 5.53. The lowest BCUT2D eigenvalue weighted by atomic mass is 9.91. The van der Waals surface area contributed by atoms with Crippen molar-refractivity contribution in [3.05, 3.63) is 64.7 Å². The zero-order valence-corrected chi connectivity index (χ0v) is 15.5. The Kier molecular flexibility index (Phi) is 4.45. The molecule has 0 bridgehead atoms. The number of nitrogens with zero attached hydrogens (tertiary/aromatic N) is 1. The first-order valence-electron chi connectivity index (χ1n) is 9.35. The van der Waals surface area contributed by atoms with Crippen LogP contribution in [0, 0.1) is 6.92 Å². The number of amides is 1. The molecule has 136 valence electrons. The van der Waals surface area contributed by atoms with Crippen molar-refractivity contribution in [3.8, 4) is 5.75 Å². The lowest BCUT2D eigenvalue weighted by molar-refractivity contribution is 0.0902. The molecule has 2 aromatic rings. The molecule has 1 unspecified atom stereocenters. The highest BCUT2D eigenvalue weighted by Gasteiger charge is 2.41.